The molecule has 0 spiro atoms. The lowest BCUT2D eigenvalue weighted by Gasteiger charge is -2.35. The fourth-order valence-electron chi connectivity index (χ4n) is 5.70. The largest absolute Gasteiger partial charge is 0.493 e. The van der Waals surface area contributed by atoms with Gasteiger partial charge in [0.2, 0.25) is 0 Å². The molecular weight excluding hydrogens is 656 g/mol. The van der Waals surface area contributed by atoms with Crippen molar-refractivity contribution >= 4 is 30.1 Å². The van der Waals surface area contributed by atoms with Crippen LogP contribution in [-0.4, -0.2) is 78.9 Å². The summed E-state index contributed by atoms with van der Waals surface area (Å²) in [7, 11) is 5.83. The van der Waals surface area contributed by atoms with E-state index in [1.165, 1.54) is 26.4 Å². The highest BCUT2D eigenvalue weighted by atomic mass is 16.5. The first-order valence-electron chi connectivity index (χ1n) is 17.2. The molecule has 3 rings (SSSR count). The Balaban J connectivity index is 1.62. The number of benzene rings is 2. The van der Waals surface area contributed by atoms with Crippen molar-refractivity contribution in [2.24, 2.45) is 11.8 Å². The zero-order valence-corrected chi connectivity index (χ0v) is 30.5. The summed E-state index contributed by atoms with van der Waals surface area (Å²) < 4.78 is 44.7. The average molecular weight is 709 g/mol. The number of unbranched alkanes of at least 4 members (excludes halogenated alkanes) is 3. The van der Waals surface area contributed by atoms with Crippen molar-refractivity contribution in [1.82, 2.24) is 0 Å². The third kappa shape index (κ3) is 14.5. The summed E-state index contributed by atoms with van der Waals surface area (Å²) >= 11 is 0. The molecule has 2 unspecified atom stereocenters. The fraction of sp³-hybridized carbons (Fsp3) is 0.475. The zero-order valence-electron chi connectivity index (χ0n) is 30.5. The molecule has 1 fully saturated rings. The minimum Gasteiger partial charge on any atom is -0.493 e. The van der Waals surface area contributed by atoms with Gasteiger partial charge in [-0.25, -0.2) is 14.4 Å². The normalized spacial score (nSPS) is 17.2. The lowest BCUT2D eigenvalue weighted by Crippen LogP contribution is -2.34. The maximum Gasteiger partial charge on any atom is 0.333 e. The van der Waals surface area contributed by atoms with Crippen molar-refractivity contribution in [3.8, 4) is 23.0 Å². The summed E-state index contributed by atoms with van der Waals surface area (Å²) in [4.78, 5) is 34.6. The summed E-state index contributed by atoms with van der Waals surface area (Å²) in [6.45, 7) is 7.22. The van der Waals surface area contributed by atoms with Crippen LogP contribution in [0, 0.1) is 11.8 Å². The van der Waals surface area contributed by atoms with Gasteiger partial charge in [-0.05, 0) is 105 Å². The molecule has 2 aromatic carbocycles. The van der Waals surface area contributed by atoms with Crippen LogP contribution >= 0.6 is 0 Å². The van der Waals surface area contributed by atoms with E-state index in [4.69, 9.17) is 28.4 Å². The van der Waals surface area contributed by atoms with Crippen LogP contribution in [0.3, 0.4) is 0 Å². The molecule has 0 saturated heterocycles. The Hall–Kier alpha value is -4.77. The van der Waals surface area contributed by atoms with Gasteiger partial charge in [0.15, 0.2) is 23.0 Å². The smallest absolute Gasteiger partial charge is 0.333 e. The Morgan fingerprint density at radius 3 is 1.63 bits per heavy atom. The highest BCUT2D eigenvalue weighted by Gasteiger charge is 2.31. The first-order chi connectivity index (χ1) is 24.6. The van der Waals surface area contributed by atoms with E-state index in [0.29, 0.717) is 55.0 Å². The molecule has 51 heavy (non-hydrogen) atoms. The predicted octanol–water partition coefficient (Wildman–Crippen LogP) is 7.02. The van der Waals surface area contributed by atoms with E-state index in [2.05, 4.69) is 16.1 Å². The second kappa shape index (κ2) is 22.1. The van der Waals surface area contributed by atoms with Crippen LogP contribution in [0.1, 0.15) is 63.0 Å². The molecule has 2 aromatic rings. The summed E-state index contributed by atoms with van der Waals surface area (Å²) in [6, 6.07) is 11.0. The highest BCUT2D eigenvalue weighted by molar-refractivity contribution is 5.88. The van der Waals surface area contributed by atoms with E-state index in [1.807, 2.05) is 36.4 Å². The summed E-state index contributed by atoms with van der Waals surface area (Å²) in [5, 5.41) is 0. The Morgan fingerprint density at radius 2 is 1.18 bits per heavy atom. The van der Waals surface area contributed by atoms with Crippen LogP contribution in [0.2, 0.25) is 0 Å². The van der Waals surface area contributed by atoms with Gasteiger partial charge in [0.25, 0.3) is 0 Å². The number of carbonyl (C=O) groups is 3. The van der Waals surface area contributed by atoms with E-state index in [-0.39, 0.29) is 23.9 Å². The molecule has 2 atom stereocenters. The van der Waals surface area contributed by atoms with Gasteiger partial charge in [-0.3, -0.25) is 0 Å². The SMILES string of the molecule is C=C(C)C(=O)OCCCCCCOC1CC(COc2ccc(/C=C/C(=O)OC)cc2OC)CC(COc2ccc(/C=C/C(=O)OC)cc2OC)C1. The van der Waals surface area contributed by atoms with Gasteiger partial charge in [0.05, 0.1) is 54.4 Å². The van der Waals surface area contributed by atoms with E-state index < -0.39 is 11.9 Å². The number of methoxy groups -OCH3 is 4. The van der Waals surface area contributed by atoms with Crippen LogP contribution in [0.4, 0.5) is 0 Å². The van der Waals surface area contributed by atoms with Crippen molar-refractivity contribution in [3.63, 3.8) is 0 Å². The lowest BCUT2D eigenvalue weighted by molar-refractivity contribution is -0.139. The number of carbonyl (C=O) groups excluding carboxylic acids is 3. The molecule has 0 radical (unpaired) electrons. The van der Waals surface area contributed by atoms with Crippen molar-refractivity contribution in [3.05, 3.63) is 71.8 Å². The number of hydrogen-bond donors (Lipinski definition) is 0. The van der Waals surface area contributed by atoms with Gasteiger partial charge in [-0.15, -0.1) is 0 Å². The van der Waals surface area contributed by atoms with Gasteiger partial charge in [-0.1, -0.05) is 25.1 Å². The van der Waals surface area contributed by atoms with Crippen molar-refractivity contribution in [1.29, 1.82) is 0 Å². The Morgan fingerprint density at radius 1 is 0.686 bits per heavy atom. The first-order valence-corrected chi connectivity index (χ1v) is 17.2. The molecule has 0 heterocycles. The van der Waals surface area contributed by atoms with Crippen molar-refractivity contribution in [2.45, 2.75) is 58.0 Å². The molecule has 0 aliphatic heterocycles. The highest BCUT2D eigenvalue weighted by Crippen LogP contribution is 2.36. The quantitative estimate of drug-likeness (QED) is 0.0575. The zero-order chi connectivity index (χ0) is 37.0. The number of esters is 3. The first kappa shape index (κ1) is 40.7. The van der Waals surface area contributed by atoms with Gasteiger partial charge in [-0.2, -0.15) is 0 Å². The van der Waals surface area contributed by atoms with Crippen molar-refractivity contribution < 1.29 is 52.3 Å². The van der Waals surface area contributed by atoms with E-state index in [1.54, 1.807) is 33.3 Å². The Kier molecular flexibility index (Phi) is 17.6. The van der Waals surface area contributed by atoms with Crippen LogP contribution in [0.5, 0.6) is 23.0 Å². The topological polar surface area (TPSA) is 125 Å². The number of ether oxygens (including phenoxy) is 8. The van der Waals surface area contributed by atoms with E-state index in [9.17, 15) is 14.4 Å². The standard InChI is InChI=1S/C40H52O11/c1-28(2)40(43)49-20-10-8-7-9-19-48-33-22-31(26-50-34-15-11-29(24-36(34)44-3)13-17-38(41)46-5)21-32(23-33)27-51-35-16-12-30(25-37(35)45-4)14-18-39(42)47-6/h11-18,24-25,31-33H,1,7-10,19-23,26-27H2,2-6H3/b17-13+,18-14+. The van der Waals surface area contributed by atoms with Gasteiger partial charge >= 0.3 is 17.9 Å². The number of rotatable bonds is 21. The monoisotopic (exact) mass is 708 g/mol. The molecular formula is C40H52O11. The summed E-state index contributed by atoms with van der Waals surface area (Å²) in [6.07, 6.45) is 12.3. The van der Waals surface area contributed by atoms with Crippen LogP contribution < -0.4 is 18.9 Å². The molecule has 0 amide bonds. The van der Waals surface area contributed by atoms with Crippen LogP contribution in [0.15, 0.2) is 60.7 Å². The number of hydrogen-bond acceptors (Lipinski definition) is 11. The van der Waals surface area contributed by atoms with Gasteiger partial charge in [0, 0.05) is 24.3 Å². The predicted molar refractivity (Wildman–Crippen MR) is 194 cm³/mol. The molecule has 1 aliphatic carbocycles. The van der Waals surface area contributed by atoms with E-state index in [0.717, 1.165) is 56.1 Å². The minimum atomic E-state index is -0.438. The average Bonchev–Trinajstić information content (AvgIpc) is 3.15. The maximum atomic E-state index is 11.6. The molecule has 278 valence electrons. The minimum absolute atomic E-state index is 0.0398. The Bertz CT molecular complexity index is 1410. The molecule has 11 nitrogen and oxygen atoms in total. The molecule has 11 heteroatoms. The molecule has 0 N–H and O–H groups in total. The van der Waals surface area contributed by atoms with Gasteiger partial charge < -0.3 is 37.9 Å². The van der Waals surface area contributed by atoms with Crippen molar-refractivity contribution in [2.75, 3.05) is 54.9 Å². The second-order valence-corrected chi connectivity index (χ2v) is 12.4. The maximum absolute atomic E-state index is 11.6. The molecule has 1 aliphatic rings. The molecule has 1 saturated carbocycles. The molecule has 0 aromatic heterocycles. The third-order valence-electron chi connectivity index (χ3n) is 8.38. The summed E-state index contributed by atoms with van der Waals surface area (Å²) in [5.74, 6) is 1.55. The fourth-order valence-corrected chi connectivity index (χ4v) is 5.70. The van der Waals surface area contributed by atoms with Crippen LogP contribution in [0.25, 0.3) is 12.2 Å². The summed E-state index contributed by atoms with van der Waals surface area (Å²) in [5.41, 5.74) is 1.97. The third-order valence-corrected chi connectivity index (χ3v) is 8.38. The second-order valence-electron chi connectivity index (χ2n) is 12.4. The van der Waals surface area contributed by atoms with Gasteiger partial charge in [0.1, 0.15) is 0 Å². The Labute approximate surface area is 301 Å². The molecule has 0 bridgehead atoms. The lowest BCUT2D eigenvalue weighted by atomic mass is 9.80. The van der Waals surface area contributed by atoms with Crippen LogP contribution in [-0.2, 0) is 33.3 Å². The van der Waals surface area contributed by atoms with E-state index >= 15 is 0 Å².